The fourth-order valence-corrected chi connectivity index (χ4v) is 2.18. The van der Waals surface area contributed by atoms with Crippen LogP contribution in [0.25, 0.3) is 0 Å². The van der Waals surface area contributed by atoms with Crippen LogP contribution in [0.5, 0.6) is 0 Å². The number of carboxylic acids is 2. The average Bonchev–Trinajstić information content (AvgIpc) is 2.62. The lowest BCUT2D eigenvalue weighted by Gasteiger charge is -2.24. The van der Waals surface area contributed by atoms with Gasteiger partial charge in [0.15, 0.2) is 0 Å². The quantitative estimate of drug-likeness (QED) is 0.160. The second-order valence-corrected chi connectivity index (χ2v) is 7.06. The Balaban J connectivity index is 5.15. The molecule has 0 aromatic rings. The van der Waals surface area contributed by atoms with Gasteiger partial charge in [-0.2, -0.15) is 0 Å². The van der Waals surface area contributed by atoms with Crippen LogP contribution in [0.3, 0.4) is 0 Å². The molecule has 0 radical (unpaired) electrons. The van der Waals surface area contributed by atoms with Crippen molar-refractivity contribution in [3.8, 4) is 0 Å². The molecule has 0 bridgehead atoms. The third-order valence-corrected chi connectivity index (χ3v) is 4.08. The van der Waals surface area contributed by atoms with E-state index in [1.807, 2.05) is 5.32 Å². The summed E-state index contributed by atoms with van der Waals surface area (Å²) >= 11 is 0. The van der Waals surface area contributed by atoms with Gasteiger partial charge in [-0.15, -0.1) is 0 Å². The van der Waals surface area contributed by atoms with E-state index in [-0.39, 0.29) is 18.8 Å². The van der Waals surface area contributed by atoms with Crippen LogP contribution in [-0.4, -0.2) is 69.9 Å². The first kappa shape index (κ1) is 26.8. The number of carboxylic acid groups (broad SMARTS) is 2. The van der Waals surface area contributed by atoms with Gasteiger partial charge in [-0.3, -0.25) is 24.0 Å². The summed E-state index contributed by atoms with van der Waals surface area (Å²) in [6.07, 6.45) is -1.23. The molecule has 13 heteroatoms. The molecular formula is C17H29N5O8. The van der Waals surface area contributed by atoms with Crippen molar-refractivity contribution in [2.45, 2.75) is 64.2 Å². The lowest BCUT2D eigenvalue weighted by atomic mass is 10.0. The SMILES string of the molecule is CC(NC(=O)C(CCC(N)=O)NC(=O)C(N)C(C)C)C(=O)NC(CC(=O)O)C(=O)O. The number of carbonyl (C=O) groups excluding carboxylic acids is 4. The summed E-state index contributed by atoms with van der Waals surface area (Å²) in [4.78, 5) is 69.5. The fourth-order valence-electron chi connectivity index (χ4n) is 2.18. The van der Waals surface area contributed by atoms with Crippen molar-refractivity contribution in [2.75, 3.05) is 0 Å². The van der Waals surface area contributed by atoms with E-state index in [1.165, 1.54) is 6.92 Å². The molecule has 13 nitrogen and oxygen atoms in total. The van der Waals surface area contributed by atoms with Gasteiger partial charge in [0.25, 0.3) is 0 Å². The molecule has 0 fully saturated rings. The molecule has 0 aromatic carbocycles. The zero-order chi connectivity index (χ0) is 23.6. The highest BCUT2D eigenvalue weighted by Gasteiger charge is 2.29. The zero-order valence-electron chi connectivity index (χ0n) is 17.0. The molecule has 0 aliphatic carbocycles. The molecule has 0 spiro atoms. The molecule has 0 heterocycles. The number of carbonyl (C=O) groups is 6. The molecule has 30 heavy (non-hydrogen) atoms. The molecule has 0 aliphatic heterocycles. The summed E-state index contributed by atoms with van der Waals surface area (Å²) < 4.78 is 0. The Hall–Kier alpha value is -3.22. The zero-order valence-corrected chi connectivity index (χ0v) is 17.0. The van der Waals surface area contributed by atoms with Crippen LogP contribution < -0.4 is 27.4 Å². The molecule has 0 aliphatic rings. The van der Waals surface area contributed by atoms with E-state index < -0.39 is 66.2 Å². The van der Waals surface area contributed by atoms with E-state index in [4.69, 9.17) is 21.7 Å². The van der Waals surface area contributed by atoms with Crippen molar-refractivity contribution in [2.24, 2.45) is 17.4 Å². The molecular weight excluding hydrogens is 402 g/mol. The highest BCUT2D eigenvalue weighted by molar-refractivity contribution is 5.94. The predicted octanol–water partition coefficient (Wildman–Crippen LogP) is -2.73. The second-order valence-electron chi connectivity index (χ2n) is 7.06. The maximum atomic E-state index is 12.5. The summed E-state index contributed by atoms with van der Waals surface area (Å²) in [5.41, 5.74) is 10.8. The van der Waals surface area contributed by atoms with Crippen molar-refractivity contribution < 1.29 is 39.0 Å². The standard InChI is InChI=1S/C17H29N5O8/c1-7(2)13(19)16(28)21-9(4-5-11(18)23)15(27)20-8(3)14(26)22-10(17(29)30)6-12(24)25/h7-10,13H,4-6,19H2,1-3H3,(H2,18,23)(H,20,27)(H,21,28)(H,22,26)(H,24,25)(H,29,30). The minimum absolute atomic E-state index is 0.150. The number of amides is 4. The lowest BCUT2D eigenvalue weighted by molar-refractivity contribution is -0.147. The molecule has 0 saturated carbocycles. The maximum absolute atomic E-state index is 12.5. The minimum Gasteiger partial charge on any atom is -0.481 e. The maximum Gasteiger partial charge on any atom is 0.326 e. The van der Waals surface area contributed by atoms with Crippen LogP contribution in [0.1, 0.15) is 40.0 Å². The van der Waals surface area contributed by atoms with Gasteiger partial charge in [-0.1, -0.05) is 13.8 Å². The van der Waals surface area contributed by atoms with E-state index in [9.17, 15) is 28.8 Å². The van der Waals surface area contributed by atoms with Gasteiger partial charge in [0.1, 0.15) is 18.1 Å². The van der Waals surface area contributed by atoms with Gasteiger partial charge in [0.2, 0.25) is 23.6 Å². The van der Waals surface area contributed by atoms with Gasteiger partial charge in [0, 0.05) is 6.42 Å². The van der Waals surface area contributed by atoms with Crippen LogP contribution in [-0.2, 0) is 28.8 Å². The summed E-state index contributed by atoms with van der Waals surface area (Å²) in [5, 5.41) is 24.3. The normalized spacial score (nSPS) is 14.7. The molecule has 0 saturated heterocycles. The molecule has 0 rings (SSSR count). The first-order valence-corrected chi connectivity index (χ1v) is 9.15. The Bertz CT molecular complexity index is 681. The molecule has 4 amide bonds. The van der Waals surface area contributed by atoms with Gasteiger partial charge in [-0.25, -0.2) is 4.79 Å². The Labute approximate surface area is 172 Å². The van der Waals surface area contributed by atoms with Gasteiger partial charge < -0.3 is 37.6 Å². The predicted molar refractivity (Wildman–Crippen MR) is 103 cm³/mol. The van der Waals surface area contributed by atoms with Crippen molar-refractivity contribution in [3.63, 3.8) is 0 Å². The van der Waals surface area contributed by atoms with Crippen LogP contribution in [0.15, 0.2) is 0 Å². The Morgan fingerprint density at radius 1 is 0.833 bits per heavy atom. The monoisotopic (exact) mass is 431 g/mol. The van der Waals surface area contributed by atoms with E-state index in [0.29, 0.717) is 0 Å². The van der Waals surface area contributed by atoms with Gasteiger partial charge in [-0.05, 0) is 19.3 Å². The first-order valence-electron chi connectivity index (χ1n) is 9.15. The summed E-state index contributed by atoms with van der Waals surface area (Å²) in [6.45, 7) is 4.63. The third-order valence-electron chi connectivity index (χ3n) is 4.08. The number of nitrogens with two attached hydrogens (primary N) is 2. The summed E-state index contributed by atoms with van der Waals surface area (Å²) in [7, 11) is 0. The number of rotatable bonds is 13. The van der Waals surface area contributed by atoms with Crippen LogP contribution >= 0.6 is 0 Å². The Kier molecular flexibility index (Phi) is 11.0. The molecule has 170 valence electrons. The van der Waals surface area contributed by atoms with E-state index in [0.717, 1.165) is 0 Å². The second kappa shape index (κ2) is 12.4. The molecule has 4 unspecified atom stereocenters. The van der Waals surface area contributed by atoms with Crippen LogP contribution in [0.4, 0.5) is 0 Å². The number of aliphatic carboxylic acids is 2. The highest BCUT2D eigenvalue weighted by atomic mass is 16.4. The molecule has 4 atom stereocenters. The largest absolute Gasteiger partial charge is 0.481 e. The number of hydrogen-bond acceptors (Lipinski definition) is 7. The molecule has 0 aromatic heterocycles. The topological polar surface area (TPSA) is 231 Å². The minimum atomic E-state index is -1.69. The number of primary amides is 1. The number of hydrogen-bond donors (Lipinski definition) is 7. The van der Waals surface area contributed by atoms with Crippen LogP contribution in [0.2, 0.25) is 0 Å². The summed E-state index contributed by atoms with van der Waals surface area (Å²) in [5.74, 6) is -6.34. The smallest absolute Gasteiger partial charge is 0.326 e. The Morgan fingerprint density at radius 2 is 1.37 bits per heavy atom. The van der Waals surface area contributed by atoms with Gasteiger partial charge >= 0.3 is 11.9 Å². The van der Waals surface area contributed by atoms with Crippen molar-refractivity contribution in [3.05, 3.63) is 0 Å². The fraction of sp³-hybridized carbons (Fsp3) is 0.647. The molecule has 9 N–H and O–H groups in total. The van der Waals surface area contributed by atoms with E-state index in [1.54, 1.807) is 13.8 Å². The highest BCUT2D eigenvalue weighted by Crippen LogP contribution is 2.03. The van der Waals surface area contributed by atoms with E-state index >= 15 is 0 Å². The summed E-state index contributed by atoms with van der Waals surface area (Å²) in [6, 6.07) is -5.09. The van der Waals surface area contributed by atoms with Crippen molar-refractivity contribution in [1.82, 2.24) is 16.0 Å². The van der Waals surface area contributed by atoms with E-state index in [2.05, 4.69) is 10.6 Å². The first-order chi connectivity index (χ1) is 13.8. The van der Waals surface area contributed by atoms with Crippen molar-refractivity contribution >= 4 is 35.6 Å². The average molecular weight is 431 g/mol. The van der Waals surface area contributed by atoms with Gasteiger partial charge in [0.05, 0.1) is 12.5 Å². The Morgan fingerprint density at radius 3 is 1.80 bits per heavy atom. The lowest BCUT2D eigenvalue weighted by Crippen LogP contribution is -2.57. The van der Waals surface area contributed by atoms with Crippen LogP contribution in [0, 0.1) is 5.92 Å². The third kappa shape index (κ3) is 9.82. The number of nitrogens with one attached hydrogen (secondary N) is 3. The van der Waals surface area contributed by atoms with Crippen molar-refractivity contribution in [1.29, 1.82) is 0 Å².